The Kier molecular flexibility index (Phi) is 4.01. The van der Waals surface area contributed by atoms with Gasteiger partial charge in [-0.05, 0) is 49.8 Å². The van der Waals surface area contributed by atoms with Gasteiger partial charge in [-0.1, -0.05) is 13.0 Å². The molecule has 0 radical (unpaired) electrons. The lowest BCUT2D eigenvalue weighted by atomic mass is 9.93. The van der Waals surface area contributed by atoms with Crippen molar-refractivity contribution in [2.45, 2.75) is 51.2 Å². The van der Waals surface area contributed by atoms with E-state index >= 15 is 0 Å². The molecule has 2 atom stereocenters. The van der Waals surface area contributed by atoms with E-state index in [0.29, 0.717) is 18.5 Å². The maximum Gasteiger partial charge on any atom is 0.240 e. The molecule has 0 spiro atoms. The lowest BCUT2D eigenvalue weighted by Gasteiger charge is -2.32. The van der Waals surface area contributed by atoms with Gasteiger partial charge in [0.2, 0.25) is 5.91 Å². The summed E-state index contributed by atoms with van der Waals surface area (Å²) in [5.41, 5.74) is 1.12. The molecule has 1 saturated heterocycles. The van der Waals surface area contributed by atoms with Gasteiger partial charge < -0.3 is 10.2 Å². The van der Waals surface area contributed by atoms with E-state index in [0.717, 1.165) is 31.4 Å². The molecule has 3 rings (SSSR count). The van der Waals surface area contributed by atoms with Gasteiger partial charge in [0.05, 0.1) is 6.04 Å². The predicted octanol–water partition coefficient (Wildman–Crippen LogP) is 1.96. The minimum Gasteiger partial charge on any atom is -0.334 e. The fourth-order valence-electron chi connectivity index (χ4n) is 2.96. The Bertz CT molecular complexity index is 458. The molecule has 1 aromatic rings. The molecule has 4 nitrogen and oxygen atoms in total. The van der Waals surface area contributed by atoms with Crippen molar-refractivity contribution < 1.29 is 4.79 Å². The molecule has 1 N–H and O–H groups in total. The van der Waals surface area contributed by atoms with Gasteiger partial charge in [-0.3, -0.25) is 9.78 Å². The van der Waals surface area contributed by atoms with E-state index in [1.165, 1.54) is 6.42 Å². The highest BCUT2D eigenvalue weighted by Gasteiger charge is 2.36. The van der Waals surface area contributed by atoms with Crippen LogP contribution in [0.5, 0.6) is 0 Å². The minimum absolute atomic E-state index is 0.0102. The number of pyridine rings is 1. The quantitative estimate of drug-likeness (QED) is 0.912. The number of nitrogens with one attached hydrogen (secondary N) is 1. The van der Waals surface area contributed by atoms with Crippen LogP contribution in [-0.4, -0.2) is 34.4 Å². The van der Waals surface area contributed by atoms with Gasteiger partial charge in [0, 0.05) is 25.0 Å². The Morgan fingerprint density at radius 2 is 2.30 bits per heavy atom. The van der Waals surface area contributed by atoms with Crippen LogP contribution in [0, 0.1) is 5.92 Å². The van der Waals surface area contributed by atoms with Gasteiger partial charge in [0.15, 0.2) is 0 Å². The number of hydrogen-bond donors (Lipinski definition) is 1. The summed E-state index contributed by atoms with van der Waals surface area (Å²) >= 11 is 0. The summed E-state index contributed by atoms with van der Waals surface area (Å²) in [6.07, 6.45) is 8.07. The van der Waals surface area contributed by atoms with Gasteiger partial charge in [0.1, 0.15) is 0 Å². The van der Waals surface area contributed by atoms with Crippen molar-refractivity contribution in [2.24, 2.45) is 5.92 Å². The number of carbonyl (C=O) groups excluding carboxylic acids is 1. The average Bonchev–Trinajstić information content (AvgIpc) is 3.30. The van der Waals surface area contributed by atoms with Crippen LogP contribution in [0.25, 0.3) is 0 Å². The average molecular weight is 273 g/mol. The predicted molar refractivity (Wildman–Crippen MR) is 78.0 cm³/mol. The summed E-state index contributed by atoms with van der Waals surface area (Å²) in [5.74, 6) is 0.924. The summed E-state index contributed by atoms with van der Waals surface area (Å²) in [6.45, 7) is 3.90. The van der Waals surface area contributed by atoms with Gasteiger partial charge in [-0.15, -0.1) is 0 Å². The number of aromatic nitrogens is 1. The first-order valence-corrected chi connectivity index (χ1v) is 7.67. The van der Waals surface area contributed by atoms with Crippen molar-refractivity contribution in [3.8, 4) is 0 Å². The van der Waals surface area contributed by atoms with E-state index in [2.05, 4.69) is 22.1 Å². The fraction of sp³-hybridized carbons (Fsp3) is 0.625. The summed E-state index contributed by atoms with van der Waals surface area (Å²) in [6, 6.07) is 4.44. The third-order valence-corrected chi connectivity index (χ3v) is 4.31. The lowest BCUT2D eigenvalue weighted by Crippen LogP contribution is -2.50. The smallest absolute Gasteiger partial charge is 0.240 e. The Balaban J connectivity index is 1.68. The lowest BCUT2D eigenvalue weighted by molar-refractivity contribution is -0.135. The topological polar surface area (TPSA) is 45.2 Å². The molecule has 2 heterocycles. The van der Waals surface area contributed by atoms with Crippen molar-refractivity contribution in [3.05, 3.63) is 30.1 Å². The molecule has 2 aliphatic rings. The first-order valence-electron chi connectivity index (χ1n) is 7.67. The molecule has 2 unspecified atom stereocenters. The van der Waals surface area contributed by atoms with Gasteiger partial charge >= 0.3 is 0 Å². The Morgan fingerprint density at radius 1 is 1.45 bits per heavy atom. The number of amides is 1. The number of nitrogens with zero attached hydrogens (tertiary/aromatic N) is 2. The maximum atomic E-state index is 12.8. The van der Waals surface area contributed by atoms with E-state index in [1.807, 2.05) is 18.3 Å². The molecule has 0 aromatic carbocycles. The first-order chi connectivity index (χ1) is 9.74. The van der Waals surface area contributed by atoms with Crippen molar-refractivity contribution in [1.82, 2.24) is 15.2 Å². The Morgan fingerprint density at radius 3 is 2.95 bits per heavy atom. The maximum absolute atomic E-state index is 12.8. The third kappa shape index (κ3) is 3.18. The van der Waals surface area contributed by atoms with E-state index in [1.54, 1.807) is 6.20 Å². The Labute approximate surface area is 120 Å². The van der Waals surface area contributed by atoms with E-state index in [4.69, 9.17) is 0 Å². The third-order valence-electron chi connectivity index (χ3n) is 4.31. The van der Waals surface area contributed by atoms with E-state index in [9.17, 15) is 4.79 Å². The Hall–Kier alpha value is -1.42. The monoisotopic (exact) mass is 273 g/mol. The van der Waals surface area contributed by atoms with Crippen LogP contribution in [0.1, 0.15) is 38.2 Å². The SMILES string of the molecule is CC1CCNC(C(=O)N(Cc2cccnc2)C2CC2)C1. The van der Waals surface area contributed by atoms with Crippen LogP contribution in [-0.2, 0) is 11.3 Å². The number of piperidine rings is 1. The molecule has 1 amide bonds. The molecular weight excluding hydrogens is 250 g/mol. The molecular formula is C16H23N3O. The number of rotatable bonds is 4. The van der Waals surface area contributed by atoms with Crippen molar-refractivity contribution >= 4 is 5.91 Å². The normalized spacial score (nSPS) is 26.2. The van der Waals surface area contributed by atoms with Crippen LogP contribution >= 0.6 is 0 Å². The fourth-order valence-corrected chi connectivity index (χ4v) is 2.96. The van der Waals surface area contributed by atoms with Gasteiger partial charge in [-0.2, -0.15) is 0 Å². The van der Waals surface area contributed by atoms with Crippen molar-refractivity contribution in [1.29, 1.82) is 0 Å². The number of hydrogen-bond acceptors (Lipinski definition) is 3. The zero-order valence-corrected chi connectivity index (χ0v) is 12.1. The summed E-state index contributed by atoms with van der Waals surface area (Å²) in [7, 11) is 0. The van der Waals surface area contributed by atoms with E-state index < -0.39 is 0 Å². The van der Waals surface area contributed by atoms with Crippen LogP contribution in [0.2, 0.25) is 0 Å². The van der Waals surface area contributed by atoms with E-state index in [-0.39, 0.29) is 11.9 Å². The highest BCUT2D eigenvalue weighted by atomic mass is 16.2. The molecule has 1 aliphatic heterocycles. The zero-order valence-electron chi connectivity index (χ0n) is 12.1. The molecule has 4 heteroatoms. The summed E-state index contributed by atoms with van der Waals surface area (Å²) < 4.78 is 0. The molecule has 1 aromatic heterocycles. The summed E-state index contributed by atoms with van der Waals surface area (Å²) in [5, 5.41) is 3.39. The zero-order chi connectivity index (χ0) is 13.9. The molecule has 0 bridgehead atoms. The van der Waals surface area contributed by atoms with Crippen LogP contribution < -0.4 is 5.32 Å². The molecule has 2 fully saturated rings. The highest BCUT2D eigenvalue weighted by Crippen LogP contribution is 2.30. The minimum atomic E-state index is 0.0102. The molecule has 1 aliphatic carbocycles. The standard InChI is InChI=1S/C16H23N3O/c1-12-6-8-18-15(9-12)16(20)19(14-4-5-14)11-13-3-2-7-17-10-13/h2-3,7,10,12,14-15,18H,4-6,8-9,11H2,1H3. The molecule has 1 saturated carbocycles. The van der Waals surface area contributed by atoms with Crippen LogP contribution in [0.3, 0.4) is 0 Å². The number of carbonyl (C=O) groups is 1. The van der Waals surface area contributed by atoms with Crippen molar-refractivity contribution in [2.75, 3.05) is 6.54 Å². The van der Waals surface area contributed by atoms with Crippen molar-refractivity contribution in [3.63, 3.8) is 0 Å². The second-order valence-electron chi connectivity index (χ2n) is 6.19. The van der Waals surface area contributed by atoms with Gasteiger partial charge in [-0.25, -0.2) is 0 Å². The van der Waals surface area contributed by atoms with Crippen LogP contribution in [0.4, 0.5) is 0 Å². The van der Waals surface area contributed by atoms with Crippen LogP contribution in [0.15, 0.2) is 24.5 Å². The second-order valence-corrected chi connectivity index (χ2v) is 6.19. The molecule has 20 heavy (non-hydrogen) atoms. The highest BCUT2D eigenvalue weighted by molar-refractivity contribution is 5.82. The summed E-state index contributed by atoms with van der Waals surface area (Å²) in [4.78, 5) is 19.0. The molecule has 108 valence electrons. The largest absolute Gasteiger partial charge is 0.334 e. The second kappa shape index (κ2) is 5.92. The van der Waals surface area contributed by atoms with Gasteiger partial charge in [0.25, 0.3) is 0 Å². The first kappa shape index (κ1) is 13.6.